The monoisotopic (exact) mass is 207 g/mol. The van der Waals surface area contributed by atoms with Crippen LogP contribution in [0.3, 0.4) is 0 Å². The molecule has 0 aliphatic rings. The van der Waals surface area contributed by atoms with Crippen molar-refractivity contribution in [1.29, 1.82) is 0 Å². The Bertz CT molecular complexity index is 410. The molecular weight excluding hydrogens is 194 g/mol. The van der Waals surface area contributed by atoms with Gasteiger partial charge in [0.2, 0.25) is 5.70 Å². The van der Waals surface area contributed by atoms with Crippen molar-refractivity contribution in [2.45, 2.75) is 13.8 Å². The number of aryl methyl sites for hydroxylation is 1. The third-order valence-electron chi connectivity index (χ3n) is 2.10. The van der Waals surface area contributed by atoms with Crippen molar-refractivity contribution in [2.75, 3.05) is 7.11 Å². The maximum atomic E-state index is 10.4. The van der Waals surface area contributed by atoms with Crippen molar-refractivity contribution in [3.05, 3.63) is 45.1 Å². The van der Waals surface area contributed by atoms with E-state index in [0.29, 0.717) is 0 Å². The molecule has 0 saturated carbocycles. The van der Waals surface area contributed by atoms with E-state index < -0.39 is 4.92 Å². The van der Waals surface area contributed by atoms with Gasteiger partial charge in [-0.15, -0.1) is 0 Å². The predicted molar refractivity (Wildman–Crippen MR) is 58.4 cm³/mol. The summed E-state index contributed by atoms with van der Waals surface area (Å²) in [6, 6.07) is 5.48. The summed E-state index contributed by atoms with van der Waals surface area (Å²) in [6.45, 7) is 3.39. The molecule has 0 aliphatic carbocycles. The quantitative estimate of drug-likeness (QED) is 0.565. The van der Waals surface area contributed by atoms with Crippen LogP contribution in [0.25, 0.3) is 6.08 Å². The molecular formula is C11H13NO3. The van der Waals surface area contributed by atoms with Gasteiger partial charge >= 0.3 is 0 Å². The maximum absolute atomic E-state index is 10.4. The Morgan fingerprint density at radius 3 is 2.73 bits per heavy atom. The summed E-state index contributed by atoms with van der Waals surface area (Å²) in [4.78, 5) is 10.0. The molecule has 0 saturated heterocycles. The van der Waals surface area contributed by atoms with Crippen molar-refractivity contribution in [2.24, 2.45) is 0 Å². The van der Waals surface area contributed by atoms with Gasteiger partial charge in [-0.05, 0) is 24.1 Å². The molecule has 0 aliphatic heterocycles. The summed E-state index contributed by atoms with van der Waals surface area (Å²) >= 11 is 0. The Morgan fingerprint density at radius 2 is 2.20 bits per heavy atom. The van der Waals surface area contributed by atoms with E-state index >= 15 is 0 Å². The summed E-state index contributed by atoms with van der Waals surface area (Å²) < 4.78 is 5.13. The van der Waals surface area contributed by atoms with E-state index in [2.05, 4.69) is 0 Å². The average Bonchev–Trinajstić information content (AvgIpc) is 2.20. The second-order valence-electron chi connectivity index (χ2n) is 3.27. The van der Waals surface area contributed by atoms with Crippen LogP contribution >= 0.6 is 0 Å². The Balaban J connectivity index is 3.07. The molecule has 15 heavy (non-hydrogen) atoms. The number of hydrogen-bond acceptors (Lipinski definition) is 3. The molecule has 0 bridgehead atoms. The smallest absolute Gasteiger partial charge is 0.243 e. The molecule has 0 atom stereocenters. The first-order valence-electron chi connectivity index (χ1n) is 4.52. The van der Waals surface area contributed by atoms with E-state index in [1.165, 1.54) is 13.0 Å². The fourth-order valence-corrected chi connectivity index (χ4v) is 1.22. The zero-order valence-electron chi connectivity index (χ0n) is 8.98. The van der Waals surface area contributed by atoms with E-state index in [1.807, 2.05) is 19.1 Å². The second kappa shape index (κ2) is 4.59. The molecule has 1 rings (SSSR count). The van der Waals surface area contributed by atoms with E-state index in [4.69, 9.17) is 4.74 Å². The van der Waals surface area contributed by atoms with Gasteiger partial charge in [0.1, 0.15) is 5.75 Å². The van der Waals surface area contributed by atoms with Crippen LogP contribution in [-0.4, -0.2) is 12.0 Å². The maximum Gasteiger partial charge on any atom is 0.243 e. The van der Waals surface area contributed by atoms with Gasteiger partial charge in [0, 0.05) is 13.0 Å². The molecule has 0 radical (unpaired) electrons. The third kappa shape index (κ3) is 2.80. The summed E-state index contributed by atoms with van der Waals surface area (Å²) in [5.74, 6) is 0.736. The topological polar surface area (TPSA) is 52.4 Å². The molecule has 0 N–H and O–H groups in total. The minimum absolute atomic E-state index is 0.112. The lowest BCUT2D eigenvalue weighted by Crippen LogP contribution is -1.93. The highest BCUT2D eigenvalue weighted by Gasteiger charge is 2.04. The molecule has 4 heteroatoms. The predicted octanol–water partition coefficient (Wildman–Crippen LogP) is 2.64. The number of methoxy groups -OCH3 is 1. The fraction of sp³-hybridized carbons (Fsp3) is 0.273. The molecule has 80 valence electrons. The first-order chi connectivity index (χ1) is 7.04. The zero-order chi connectivity index (χ0) is 11.4. The fourth-order valence-electron chi connectivity index (χ4n) is 1.22. The highest BCUT2D eigenvalue weighted by Crippen LogP contribution is 2.20. The Kier molecular flexibility index (Phi) is 3.44. The molecule has 1 aromatic carbocycles. The third-order valence-corrected chi connectivity index (χ3v) is 2.10. The first-order valence-corrected chi connectivity index (χ1v) is 4.52. The SMILES string of the molecule is COc1cc(C=C(C)[N+](=O)[O-])ccc1C. The van der Waals surface area contributed by atoms with E-state index in [9.17, 15) is 10.1 Å². The summed E-state index contributed by atoms with van der Waals surface area (Å²) in [5.41, 5.74) is 1.89. The number of benzene rings is 1. The lowest BCUT2D eigenvalue weighted by atomic mass is 10.1. The van der Waals surface area contributed by atoms with Crippen molar-refractivity contribution in [3.63, 3.8) is 0 Å². The van der Waals surface area contributed by atoms with Crippen molar-refractivity contribution in [3.8, 4) is 5.75 Å². The molecule has 0 unspecified atom stereocenters. The molecule has 0 spiro atoms. The highest BCUT2D eigenvalue weighted by molar-refractivity contribution is 5.54. The number of nitrogens with zero attached hydrogens (tertiary/aromatic N) is 1. The van der Waals surface area contributed by atoms with Gasteiger partial charge in [-0.25, -0.2) is 0 Å². The number of rotatable bonds is 3. The lowest BCUT2D eigenvalue weighted by Gasteiger charge is -2.04. The van der Waals surface area contributed by atoms with Crippen LogP contribution in [0.15, 0.2) is 23.9 Å². The number of nitro groups is 1. The minimum atomic E-state index is -0.410. The van der Waals surface area contributed by atoms with Gasteiger partial charge < -0.3 is 4.74 Å². The molecule has 4 nitrogen and oxygen atoms in total. The van der Waals surface area contributed by atoms with Crippen LogP contribution in [0.2, 0.25) is 0 Å². The van der Waals surface area contributed by atoms with Crippen LogP contribution in [0.5, 0.6) is 5.75 Å². The Labute approximate surface area is 88.3 Å². The van der Waals surface area contributed by atoms with Crippen molar-refractivity contribution < 1.29 is 9.66 Å². The lowest BCUT2D eigenvalue weighted by molar-refractivity contribution is -0.422. The zero-order valence-corrected chi connectivity index (χ0v) is 8.98. The molecule has 0 aromatic heterocycles. The Hall–Kier alpha value is -1.84. The van der Waals surface area contributed by atoms with E-state index in [-0.39, 0.29) is 5.70 Å². The van der Waals surface area contributed by atoms with Crippen LogP contribution in [-0.2, 0) is 0 Å². The van der Waals surface area contributed by atoms with Gasteiger partial charge in [-0.1, -0.05) is 12.1 Å². The minimum Gasteiger partial charge on any atom is -0.496 e. The van der Waals surface area contributed by atoms with Gasteiger partial charge in [0.15, 0.2) is 0 Å². The number of ether oxygens (including phenoxy) is 1. The Morgan fingerprint density at radius 1 is 1.53 bits per heavy atom. The summed E-state index contributed by atoms with van der Waals surface area (Å²) in [6.07, 6.45) is 1.52. The van der Waals surface area contributed by atoms with E-state index in [0.717, 1.165) is 16.9 Å². The van der Waals surface area contributed by atoms with E-state index in [1.54, 1.807) is 13.2 Å². The highest BCUT2D eigenvalue weighted by atomic mass is 16.6. The molecule has 0 fully saturated rings. The number of hydrogen-bond donors (Lipinski definition) is 0. The summed E-state index contributed by atoms with van der Waals surface area (Å²) in [5, 5.41) is 10.4. The van der Waals surface area contributed by atoms with Crippen LogP contribution in [0.1, 0.15) is 18.1 Å². The van der Waals surface area contributed by atoms with Crippen molar-refractivity contribution in [1.82, 2.24) is 0 Å². The molecule has 1 aromatic rings. The van der Waals surface area contributed by atoms with Gasteiger partial charge in [-0.2, -0.15) is 0 Å². The van der Waals surface area contributed by atoms with Crippen LogP contribution in [0.4, 0.5) is 0 Å². The molecule has 0 amide bonds. The standard InChI is InChI=1S/C11H13NO3/c1-8-4-5-10(7-11(8)15-3)6-9(2)12(13)14/h4-7H,1-3H3. The summed E-state index contributed by atoms with van der Waals surface area (Å²) in [7, 11) is 1.58. The van der Waals surface area contributed by atoms with Gasteiger partial charge in [-0.3, -0.25) is 10.1 Å². The number of allylic oxidation sites excluding steroid dienone is 1. The second-order valence-corrected chi connectivity index (χ2v) is 3.27. The van der Waals surface area contributed by atoms with Crippen LogP contribution in [0, 0.1) is 17.0 Å². The van der Waals surface area contributed by atoms with Crippen molar-refractivity contribution >= 4 is 6.08 Å². The normalized spacial score (nSPS) is 11.3. The van der Waals surface area contributed by atoms with Gasteiger partial charge in [0.25, 0.3) is 0 Å². The first kappa shape index (κ1) is 11.2. The van der Waals surface area contributed by atoms with Gasteiger partial charge in [0.05, 0.1) is 12.0 Å². The van der Waals surface area contributed by atoms with Crippen LogP contribution < -0.4 is 4.74 Å². The average molecular weight is 207 g/mol. The largest absolute Gasteiger partial charge is 0.496 e. The molecule has 0 heterocycles.